The van der Waals surface area contributed by atoms with E-state index in [1.807, 2.05) is 0 Å². The molecule has 1 unspecified atom stereocenters. The summed E-state index contributed by atoms with van der Waals surface area (Å²) in [7, 11) is 0. The number of nitrogens with two attached hydrogens (primary N) is 1. The third-order valence-corrected chi connectivity index (χ3v) is 2.80. The van der Waals surface area contributed by atoms with Gasteiger partial charge in [0.1, 0.15) is 0 Å². The number of hydrogen-bond acceptors (Lipinski definition) is 3. The molecule has 0 bridgehead atoms. The Balaban J connectivity index is 1.96. The van der Waals surface area contributed by atoms with Crippen molar-refractivity contribution in [1.82, 2.24) is 10.3 Å². The lowest BCUT2D eigenvalue weighted by Crippen LogP contribution is -2.30. The van der Waals surface area contributed by atoms with Gasteiger partial charge in [-0.05, 0) is 38.3 Å². The Morgan fingerprint density at radius 1 is 1.57 bits per heavy atom. The molecule has 0 spiro atoms. The minimum Gasteiger partial charge on any atom is -0.303 e. The van der Waals surface area contributed by atoms with Crippen LogP contribution in [0.25, 0.3) is 0 Å². The Morgan fingerprint density at radius 2 is 2.36 bits per heavy atom. The van der Waals surface area contributed by atoms with Gasteiger partial charge in [0.25, 0.3) is 0 Å². The van der Waals surface area contributed by atoms with Crippen LogP contribution in [0.15, 0.2) is 0 Å². The Kier molecular flexibility index (Phi) is 4.90. The number of amides is 1. The van der Waals surface area contributed by atoms with Gasteiger partial charge in [-0.25, -0.2) is 5.84 Å². The molecule has 1 heterocycles. The molecule has 1 aliphatic rings. The second-order valence-corrected chi connectivity index (χ2v) is 4.22. The van der Waals surface area contributed by atoms with Crippen LogP contribution < -0.4 is 11.3 Å². The molecular weight excluding hydrogens is 178 g/mol. The van der Waals surface area contributed by atoms with Crippen LogP contribution in [0.2, 0.25) is 0 Å². The topological polar surface area (TPSA) is 58.4 Å². The van der Waals surface area contributed by atoms with E-state index in [1.165, 1.54) is 19.5 Å². The van der Waals surface area contributed by atoms with Crippen molar-refractivity contribution in [2.45, 2.75) is 32.6 Å². The van der Waals surface area contributed by atoms with Gasteiger partial charge in [0.15, 0.2) is 0 Å². The van der Waals surface area contributed by atoms with E-state index in [0.29, 0.717) is 6.42 Å². The van der Waals surface area contributed by atoms with E-state index >= 15 is 0 Å². The maximum atomic E-state index is 10.8. The number of hydrazine groups is 1. The van der Waals surface area contributed by atoms with Gasteiger partial charge in [0.05, 0.1) is 0 Å². The largest absolute Gasteiger partial charge is 0.303 e. The first-order chi connectivity index (χ1) is 6.72. The van der Waals surface area contributed by atoms with E-state index in [1.54, 1.807) is 0 Å². The van der Waals surface area contributed by atoms with Gasteiger partial charge in [-0.2, -0.15) is 0 Å². The molecule has 0 saturated carbocycles. The normalized spacial score (nSPS) is 22.6. The fraction of sp³-hybridized carbons (Fsp3) is 0.900. The summed E-state index contributed by atoms with van der Waals surface area (Å²) < 4.78 is 0. The predicted octanol–water partition coefficient (Wildman–Crippen LogP) is 0.488. The smallest absolute Gasteiger partial charge is 0.233 e. The molecule has 14 heavy (non-hydrogen) atoms. The molecule has 0 aromatic heterocycles. The predicted molar refractivity (Wildman–Crippen MR) is 56.4 cm³/mol. The van der Waals surface area contributed by atoms with Crippen molar-refractivity contribution in [3.05, 3.63) is 0 Å². The van der Waals surface area contributed by atoms with Crippen molar-refractivity contribution in [1.29, 1.82) is 0 Å². The molecule has 4 nitrogen and oxygen atoms in total. The fourth-order valence-electron chi connectivity index (χ4n) is 1.92. The molecule has 0 aromatic rings. The van der Waals surface area contributed by atoms with Crippen LogP contribution in [0.3, 0.4) is 0 Å². The summed E-state index contributed by atoms with van der Waals surface area (Å²) in [6, 6.07) is 0. The van der Waals surface area contributed by atoms with Crippen LogP contribution in [-0.4, -0.2) is 30.4 Å². The van der Waals surface area contributed by atoms with Gasteiger partial charge in [-0.3, -0.25) is 10.2 Å². The highest BCUT2D eigenvalue weighted by molar-refractivity contribution is 5.74. The number of carbonyl (C=O) groups is 1. The van der Waals surface area contributed by atoms with Gasteiger partial charge in [-0.1, -0.05) is 6.92 Å². The zero-order valence-corrected chi connectivity index (χ0v) is 8.96. The summed E-state index contributed by atoms with van der Waals surface area (Å²) in [4.78, 5) is 13.3. The Labute approximate surface area is 85.8 Å². The number of hydrogen-bond donors (Lipinski definition) is 2. The fourth-order valence-corrected chi connectivity index (χ4v) is 1.92. The van der Waals surface area contributed by atoms with Crippen molar-refractivity contribution >= 4 is 5.91 Å². The van der Waals surface area contributed by atoms with Crippen LogP contribution >= 0.6 is 0 Å². The lowest BCUT2D eigenvalue weighted by Gasteiger charge is -2.14. The summed E-state index contributed by atoms with van der Waals surface area (Å²) in [6.07, 6.45) is 3.91. The van der Waals surface area contributed by atoms with Crippen molar-refractivity contribution in [3.8, 4) is 0 Å². The molecule has 1 atom stereocenters. The molecule has 1 amide bonds. The molecule has 1 fully saturated rings. The zero-order valence-electron chi connectivity index (χ0n) is 8.96. The molecule has 0 aromatic carbocycles. The molecule has 4 heteroatoms. The van der Waals surface area contributed by atoms with E-state index < -0.39 is 0 Å². The molecule has 1 aliphatic heterocycles. The number of nitrogens with zero attached hydrogens (tertiary/aromatic N) is 1. The molecule has 0 aliphatic carbocycles. The summed E-state index contributed by atoms with van der Waals surface area (Å²) in [5.41, 5.74) is 2.15. The highest BCUT2D eigenvalue weighted by Crippen LogP contribution is 2.15. The van der Waals surface area contributed by atoms with Crippen molar-refractivity contribution in [3.63, 3.8) is 0 Å². The molecular formula is C10H21N3O. The van der Waals surface area contributed by atoms with E-state index in [9.17, 15) is 4.79 Å². The van der Waals surface area contributed by atoms with Crippen molar-refractivity contribution < 1.29 is 4.79 Å². The van der Waals surface area contributed by atoms with Crippen LogP contribution in [0.1, 0.15) is 32.6 Å². The number of unbranched alkanes of at least 4 members (excludes halogenated alkanes) is 1. The first-order valence-electron chi connectivity index (χ1n) is 5.44. The summed E-state index contributed by atoms with van der Waals surface area (Å²) in [5.74, 6) is 5.78. The van der Waals surface area contributed by atoms with Gasteiger partial charge < -0.3 is 4.90 Å². The zero-order chi connectivity index (χ0) is 10.4. The second-order valence-electron chi connectivity index (χ2n) is 4.22. The quantitative estimate of drug-likeness (QED) is 0.293. The lowest BCUT2D eigenvalue weighted by molar-refractivity contribution is -0.121. The van der Waals surface area contributed by atoms with Crippen molar-refractivity contribution in [2.24, 2.45) is 11.8 Å². The second kappa shape index (κ2) is 5.98. The summed E-state index contributed by atoms with van der Waals surface area (Å²) >= 11 is 0. The third kappa shape index (κ3) is 4.07. The Hall–Kier alpha value is -0.610. The number of carbonyl (C=O) groups excluding carboxylic acids is 1. The van der Waals surface area contributed by atoms with E-state index in [0.717, 1.165) is 25.3 Å². The van der Waals surface area contributed by atoms with Gasteiger partial charge >= 0.3 is 0 Å². The average molecular weight is 199 g/mol. The molecule has 1 saturated heterocycles. The van der Waals surface area contributed by atoms with Crippen LogP contribution in [0.5, 0.6) is 0 Å². The first-order valence-corrected chi connectivity index (χ1v) is 5.44. The maximum absolute atomic E-state index is 10.8. The monoisotopic (exact) mass is 199 g/mol. The molecule has 82 valence electrons. The maximum Gasteiger partial charge on any atom is 0.233 e. The first kappa shape index (κ1) is 11.5. The highest BCUT2D eigenvalue weighted by Gasteiger charge is 2.17. The Morgan fingerprint density at radius 3 is 2.93 bits per heavy atom. The highest BCUT2D eigenvalue weighted by atomic mass is 16.2. The number of likely N-dealkylation sites (tertiary alicyclic amines) is 1. The summed E-state index contributed by atoms with van der Waals surface area (Å²) in [6.45, 7) is 5.87. The van der Waals surface area contributed by atoms with Crippen LogP contribution in [-0.2, 0) is 4.79 Å². The number of rotatable bonds is 5. The summed E-state index contributed by atoms with van der Waals surface area (Å²) in [5, 5.41) is 0. The third-order valence-electron chi connectivity index (χ3n) is 2.80. The molecule has 3 N–H and O–H groups in total. The van der Waals surface area contributed by atoms with E-state index in [4.69, 9.17) is 5.84 Å². The van der Waals surface area contributed by atoms with E-state index in [2.05, 4.69) is 17.2 Å². The van der Waals surface area contributed by atoms with Crippen LogP contribution in [0.4, 0.5) is 0 Å². The minimum absolute atomic E-state index is 0.0558. The van der Waals surface area contributed by atoms with Gasteiger partial charge in [-0.15, -0.1) is 0 Å². The molecule has 1 rings (SSSR count). The Bertz CT molecular complexity index is 184. The van der Waals surface area contributed by atoms with Gasteiger partial charge in [0.2, 0.25) is 5.91 Å². The van der Waals surface area contributed by atoms with Crippen LogP contribution in [0, 0.1) is 5.92 Å². The standard InChI is InChI=1S/C10H21N3O/c1-9-5-7-13(8-9)6-3-2-4-10(14)12-11/h9H,2-8,11H2,1H3,(H,12,14). The van der Waals surface area contributed by atoms with E-state index in [-0.39, 0.29) is 5.91 Å². The SMILES string of the molecule is CC1CCN(CCCCC(=O)NN)C1. The number of nitrogens with one attached hydrogen (secondary N) is 1. The molecule has 0 radical (unpaired) electrons. The lowest BCUT2D eigenvalue weighted by atomic mass is 10.2. The average Bonchev–Trinajstić information content (AvgIpc) is 2.58. The minimum atomic E-state index is -0.0558. The van der Waals surface area contributed by atoms with Crippen molar-refractivity contribution in [2.75, 3.05) is 19.6 Å². The van der Waals surface area contributed by atoms with Gasteiger partial charge in [0, 0.05) is 13.0 Å².